The van der Waals surface area contributed by atoms with Gasteiger partial charge in [-0.25, -0.2) is 4.79 Å². The number of ether oxygens (including phenoxy) is 1. The fourth-order valence-electron chi connectivity index (χ4n) is 2.17. The van der Waals surface area contributed by atoms with Crippen LogP contribution in [-0.4, -0.2) is 31.1 Å². The fourth-order valence-corrected chi connectivity index (χ4v) is 2.17. The summed E-state index contributed by atoms with van der Waals surface area (Å²) < 4.78 is 4.66. The lowest BCUT2D eigenvalue weighted by molar-refractivity contribution is -0.384. The molecule has 2 rings (SSSR count). The van der Waals surface area contributed by atoms with Gasteiger partial charge in [-0.15, -0.1) is 0 Å². The highest BCUT2D eigenvalue weighted by Gasteiger charge is 2.22. The van der Waals surface area contributed by atoms with E-state index in [1.165, 1.54) is 30.9 Å². The largest absolute Gasteiger partial charge is 0.465 e. The van der Waals surface area contributed by atoms with Gasteiger partial charge in [0.15, 0.2) is 0 Å². The second-order valence-electron chi connectivity index (χ2n) is 4.70. The van der Waals surface area contributed by atoms with Crippen LogP contribution in [0.2, 0.25) is 0 Å². The highest BCUT2D eigenvalue weighted by atomic mass is 16.6. The molecule has 6 heteroatoms. The number of hydrogen-bond acceptors (Lipinski definition) is 5. The molecular formula is C14H16N2O4. The first-order valence-electron chi connectivity index (χ1n) is 6.30. The van der Waals surface area contributed by atoms with Crippen molar-refractivity contribution in [3.63, 3.8) is 0 Å². The monoisotopic (exact) mass is 276 g/mol. The molecule has 1 aromatic carbocycles. The Bertz CT molecular complexity index is 581. The van der Waals surface area contributed by atoms with Gasteiger partial charge in [0.2, 0.25) is 0 Å². The maximum atomic E-state index is 11.6. The number of carbonyl (C=O) groups is 1. The molecule has 1 aliphatic rings. The van der Waals surface area contributed by atoms with Gasteiger partial charge in [-0.2, -0.15) is 0 Å². The van der Waals surface area contributed by atoms with Gasteiger partial charge in [-0.1, -0.05) is 11.6 Å². The molecule has 0 spiro atoms. The summed E-state index contributed by atoms with van der Waals surface area (Å²) in [6.07, 6.45) is 2.90. The first-order chi connectivity index (χ1) is 9.52. The van der Waals surface area contributed by atoms with Gasteiger partial charge in [0.25, 0.3) is 5.69 Å². The van der Waals surface area contributed by atoms with E-state index < -0.39 is 10.9 Å². The molecule has 6 nitrogen and oxygen atoms in total. The summed E-state index contributed by atoms with van der Waals surface area (Å²) in [5.41, 5.74) is 2.06. The third-order valence-corrected chi connectivity index (χ3v) is 3.37. The van der Waals surface area contributed by atoms with Crippen molar-refractivity contribution in [2.75, 3.05) is 25.1 Å². The molecule has 0 unspecified atom stereocenters. The van der Waals surface area contributed by atoms with Crippen molar-refractivity contribution in [3.8, 4) is 0 Å². The van der Waals surface area contributed by atoms with Crippen molar-refractivity contribution in [2.24, 2.45) is 0 Å². The van der Waals surface area contributed by atoms with Gasteiger partial charge >= 0.3 is 5.97 Å². The van der Waals surface area contributed by atoms with Crippen molar-refractivity contribution in [2.45, 2.75) is 13.3 Å². The van der Waals surface area contributed by atoms with E-state index in [-0.39, 0.29) is 5.69 Å². The van der Waals surface area contributed by atoms with Crippen LogP contribution in [0.25, 0.3) is 0 Å². The number of anilines is 1. The van der Waals surface area contributed by atoms with Gasteiger partial charge in [-0.05, 0) is 25.5 Å². The summed E-state index contributed by atoms with van der Waals surface area (Å²) >= 11 is 0. The summed E-state index contributed by atoms with van der Waals surface area (Å²) in [6, 6.07) is 4.30. The second kappa shape index (κ2) is 5.73. The summed E-state index contributed by atoms with van der Waals surface area (Å²) in [5, 5.41) is 11.1. The molecule has 1 aromatic rings. The van der Waals surface area contributed by atoms with Crippen LogP contribution in [0.4, 0.5) is 11.4 Å². The third-order valence-electron chi connectivity index (χ3n) is 3.37. The minimum absolute atomic E-state index is 0.00519. The lowest BCUT2D eigenvalue weighted by Crippen LogP contribution is -2.29. The van der Waals surface area contributed by atoms with Crippen molar-refractivity contribution in [1.29, 1.82) is 0 Å². The Morgan fingerprint density at radius 2 is 2.20 bits per heavy atom. The molecule has 0 amide bonds. The number of rotatable bonds is 3. The van der Waals surface area contributed by atoms with E-state index >= 15 is 0 Å². The van der Waals surface area contributed by atoms with E-state index in [9.17, 15) is 14.9 Å². The number of benzene rings is 1. The number of hydrogen-bond donors (Lipinski definition) is 0. The Balaban J connectivity index is 2.42. The minimum atomic E-state index is -0.495. The molecule has 0 atom stereocenters. The van der Waals surface area contributed by atoms with Crippen molar-refractivity contribution < 1.29 is 14.5 Å². The van der Waals surface area contributed by atoms with E-state index in [0.29, 0.717) is 24.3 Å². The maximum absolute atomic E-state index is 11.6. The highest BCUT2D eigenvalue weighted by Crippen LogP contribution is 2.31. The lowest BCUT2D eigenvalue weighted by atomic mass is 10.1. The molecule has 0 aromatic heterocycles. The molecular weight excluding hydrogens is 260 g/mol. The molecule has 0 radical (unpaired) electrons. The van der Waals surface area contributed by atoms with Gasteiger partial charge in [0.05, 0.1) is 17.6 Å². The number of carbonyl (C=O) groups excluding carboxylic acids is 1. The molecule has 20 heavy (non-hydrogen) atoms. The van der Waals surface area contributed by atoms with E-state index in [2.05, 4.69) is 4.74 Å². The number of nitrogens with zero attached hydrogens (tertiary/aromatic N) is 2. The first kappa shape index (κ1) is 14.0. The Morgan fingerprint density at radius 3 is 2.75 bits per heavy atom. The van der Waals surface area contributed by atoms with Crippen LogP contribution >= 0.6 is 0 Å². The van der Waals surface area contributed by atoms with Gasteiger partial charge < -0.3 is 9.64 Å². The van der Waals surface area contributed by atoms with Gasteiger partial charge in [0, 0.05) is 19.2 Å². The van der Waals surface area contributed by atoms with Crippen LogP contribution < -0.4 is 4.90 Å². The predicted molar refractivity (Wildman–Crippen MR) is 75.0 cm³/mol. The van der Waals surface area contributed by atoms with Crippen LogP contribution in [-0.2, 0) is 4.74 Å². The smallest absolute Gasteiger partial charge is 0.337 e. The molecule has 0 bridgehead atoms. The molecule has 106 valence electrons. The third kappa shape index (κ3) is 2.79. The quantitative estimate of drug-likeness (QED) is 0.367. The van der Waals surface area contributed by atoms with Crippen molar-refractivity contribution in [3.05, 3.63) is 45.5 Å². The van der Waals surface area contributed by atoms with Crippen LogP contribution in [0.15, 0.2) is 29.8 Å². The zero-order valence-corrected chi connectivity index (χ0v) is 11.5. The molecule has 0 saturated carbocycles. The van der Waals surface area contributed by atoms with Crippen LogP contribution in [0.5, 0.6) is 0 Å². The van der Waals surface area contributed by atoms with E-state index in [1.807, 2.05) is 17.9 Å². The van der Waals surface area contributed by atoms with Crippen molar-refractivity contribution in [1.82, 2.24) is 0 Å². The van der Waals surface area contributed by atoms with E-state index in [0.717, 1.165) is 6.42 Å². The van der Waals surface area contributed by atoms with Crippen LogP contribution in [0.1, 0.15) is 23.7 Å². The number of methoxy groups -OCH3 is 1. The van der Waals surface area contributed by atoms with Crippen LogP contribution in [0.3, 0.4) is 0 Å². The summed E-state index contributed by atoms with van der Waals surface area (Å²) in [7, 11) is 1.29. The Hall–Kier alpha value is -2.37. The summed E-state index contributed by atoms with van der Waals surface area (Å²) in [4.78, 5) is 24.2. The molecule has 0 N–H and O–H groups in total. The zero-order valence-electron chi connectivity index (χ0n) is 11.5. The molecule has 1 aliphatic heterocycles. The predicted octanol–water partition coefficient (Wildman–Crippen LogP) is 2.54. The number of nitro benzene ring substituents is 1. The molecule has 0 fully saturated rings. The topological polar surface area (TPSA) is 72.7 Å². The lowest BCUT2D eigenvalue weighted by Gasteiger charge is -2.27. The standard InChI is InChI=1S/C14H16N2O4/c1-10-5-7-15(8-6-10)13-9-11(14(17)20-2)3-4-12(13)16(18)19/h3-5,9H,6-8H2,1-2H3. The normalized spacial score (nSPS) is 14.7. The van der Waals surface area contributed by atoms with Gasteiger partial charge in [-0.3, -0.25) is 10.1 Å². The van der Waals surface area contributed by atoms with E-state index in [1.54, 1.807) is 0 Å². The Kier molecular flexibility index (Phi) is 4.02. The highest BCUT2D eigenvalue weighted by molar-refractivity contribution is 5.91. The molecule has 1 heterocycles. The zero-order chi connectivity index (χ0) is 14.7. The number of esters is 1. The Labute approximate surface area is 116 Å². The van der Waals surface area contributed by atoms with Gasteiger partial charge in [0.1, 0.15) is 5.69 Å². The van der Waals surface area contributed by atoms with Crippen molar-refractivity contribution >= 4 is 17.3 Å². The second-order valence-corrected chi connectivity index (χ2v) is 4.70. The minimum Gasteiger partial charge on any atom is -0.465 e. The number of nitro groups is 1. The molecule has 0 aliphatic carbocycles. The summed E-state index contributed by atoms with van der Waals surface area (Å²) in [6.45, 7) is 3.35. The average Bonchev–Trinajstić information content (AvgIpc) is 2.46. The van der Waals surface area contributed by atoms with E-state index in [4.69, 9.17) is 0 Å². The average molecular weight is 276 g/mol. The SMILES string of the molecule is COC(=O)c1ccc([N+](=O)[O-])c(N2CC=C(C)CC2)c1. The summed E-state index contributed by atoms with van der Waals surface area (Å²) in [5.74, 6) is -0.495. The maximum Gasteiger partial charge on any atom is 0.337 e. The first-order valence-corrected chi connectivity index (χ1v) is 6.30. The fraction of sp³-hybridized carbons (Fsp3) is 0.357. The Morgan fingerprint density at radius 1 is 1.45 bits per heavy atom. The van der Waals surface area contributed by atoms with Crippen LogP contribution in [0, 0.1) is 10.1 Å². The molecule has 0 saturated heterocycles.